The Morgan fingerprint density at radius 3 is 2.46 bits per heavy atom. The monoisotopic (exact) mass is 608 g/mol. The Morgan fingerprint density at radius 1 is 1.08 bits per heavy atom. The number of carbonyl (C=O) groups excluding carboxylic acids is 2. The van der Waals surface area contributed by atoms with E-state index in [9.17, 15) is 14.4 Å². The van der Waals surface area contributed by atoms with Crippen molar-refractivity contribution < 1.29 is 14.3 Å². The largest absolute Gasteiger partial charge is 0.497 e. The molecule has 3 aromatic carbocycles. The van der Waals surface area contributed by atoms with Crippen molar-refractivity contribution in [2.24, 2.45) is 0 Å². The van der Waals surface area contributed by atoms with Crippen molar-refractivity contribution in [2.45, 2.75) is 32.6 Å². The van der Waals surface area contributed by atoms with Gasteiger partial charge in [0.15, 0.2) is 0 Å². The summed E-state index contributed by atoms with van der Waals surface area (Å²) in [6.07, 6.45) is 0. The number of fused-ring (bicyclic) bond motifs is 1. The van der Waals surface area contributed by atoms with Crippen molar-refractivity contribution >= 4 is 39.3 Å². The second-order valence-electron chi connectivity index (χ2n) is 9.30. The van der Waals surface area contributed by atoms with Gasteiger partial charge in [-0.25, -0.2) is 4.79 Å². The molecule has 2 amide bonds. The first-order chi connectivity index (χ1) is 18.8. The Balaban J connectivity index is 1.57. The van der Waals surface area contributed by atoms with E-state index in [2.05, 4.69) is 21.2 Å². The average molecular weight is 610 g/mol. The lowest BCUT2D eigenvalue weighted by Crippen LogP contribution is -2.47. The highest BCUT2D eigenvalue weighted by Crippen LogP contribution is 2.28. The van der Waals surface area contributed by atoms with E-state index in [0.29, 0.717) is 32.2 Å². The standard InChI is InChI=1S/C29H26BrClN4O4/c1-18-16-34-25(17-33(18)28(37)20-8-13-23(30)24(31)14-20)26(27(36)32-15-19-6-4-3-5-7-19)35(29(34)38)21-9-11-22(39-2)12-10-21/h3-14,18H,15-17H2,1-2H3,(H,32,36). The van der Waals surface area contributed by atoms with Crippen molar-refractivity contribution in [3.05, 3.63) is 115 Å². The first-order valence-electron chi connectivity index (χ1n) is 12.4. The van der Waals surface area contributed by atoms with Crippen molar-refractivity contribution in [3.63, 3.8) is 0 Å². The number of amides is 2. The zero-order chi connectivity index (χ0) is 27.7. The van der Waals surface area contributed by atoms with E-state index in [-0.39, 0.29) is 43.0 Å². The summed E-state index contributed by atoms with van der Waals surface area (Å²) in [5.74, 6) is -0.0120. The number of ether oxygens (including phenoxy) is 1. The summed E-state index contributed by atoms with van der Waals surface area (Å²) in [5.41, 5.74) is 2.20. The van der Waals surface area contributed by atoms with Crippen molar-refractivity contribution in [1.29, 1.82) is 0 Å². The number of hydrogen-bond donors (Lipinski definition) is 1. The predicted molar refractivity (Wildman–Crippen MR) is 153 cm³/mol. The van der Waals surface area contributed by atoms with Crippen LogP contribution in [0.5, 0.6) is 5.75 Å². The smallest absolute Gasteiger partial charge is 0.333 e. The molecular weight excluding hydrogens is 584 g/mol. The van der Waals surface area contributed by atoms with Crippen LogP contribution >= 0.6 is 27.5 Å². The van der Waals surface area contributed by atoms with Crippen molar-refractivity contribution in [3.8, 4) is 11.4 Å². The van der Waals surface area contributed by atoms with E-state index in [4.69, 9.17) is 16.3 Å². The number of halogens is 2. The third kappa shape index (κ3) is 5.24. The van der Waals surface area contributed by atoms with Gasteiger partial charge in [0.1, 0.15) is 11.4 Å². The van der Waals surface area contributed by atoms with Crippen molar-refractivity contribution in [2.75, 3.05) is 7.11 Å². The molecule has 39 heavy (non-hydrogen) atoms. The minimum Gasteiger partial charge on any atom is -0.497 e. The summed E-state index contributed by atoms with van der Waals surface area (Å²) in [6, 6.07) is 21.2. The Morgan fingerprint density at radius 2 is 1.79 bits per heavy atom. The summed E-state index contributed by atoms with van der Waals surface area (Å²) in [6.45, 7) is 2.50. The zero-order valence-electron chi connectivity index (χ0n) is 21.4. The number of aromatic nitrogens is 2. The van der Waals surface area contributed by atoms with Gasteiger partial charge in [-0.15, -0.1) is 0 Å². The highest BCUT2D eigenvalue weighted by atomic mass is 79.9. The minimum absolute atomic E-state index is 0.0835. The SMILES string of the molecule is COc1ccc(-n2c(C(=O)NCc3ccccc3)c3n(c2=O)CC(C)N(C(=O)c2ccc(Br)c(Cl)c2)C3)cc1. The molecule has 0 aliphatic carbocycles. The Kier molecular flexibility index (Phi) is 7.63. The van der Waals surface area contributed by atoms with Crippen LogP contribution in [0.25, 0.3) is 5.69 Å². The Bertz CT molecular complexity index is 1600. The van der Waals surface area contributed by atoms with Crippen LogP contribution in [0, 0.1) is 0 Å². The van der Waals surface area contributed by atoms with Gasteiger partial charge in [-0.2, -0.15) is 0 Å². The lowest BCUT2D eigenvalue weighted by atomic mass is 10.1. The van der Waals surface area contributed by atoms with Crippen LogP contribution < -0.4 is 15.7 Å². The quantitative estimate of drug-likeness (QED) is 0.332. The molecule has 5 rings (SSSR count). The summed E-state index contributed by atoms with van der Waals surface area (Å²) in [4.78, 5) is 42.6. The van der Waals surface area contributed by atoms with E-state index in [1.54, 1.807) is 59.0 Å². The second-order valence-corrected chi connectivity index (χ2v) is 10.6. The van der Waals surface area contributed by atoms with Gasteiger partial charge in [0, 0.05) is 29.2 Å². The molecule has 0 fully saturated rings. The second kappa shape index (κ2) is 11.1. The molecule has 1 N–H and O–H groups in total. The number of hydrogen-bond acceptors (Lipinski definition) is 4. The van der Waals surface area contributed by atoms with Crippen LogP contribution in [0.4, 0.5) is 0 Å². The van der Waals surface area contributed by atoms with Crippen LogP contribution in [0.3, 0.4) is 0 Å². The van der Waals surface area contributed by atoms with Crippen LogP contribution in [-0.2, 0) is 19.6 Å². The van der Waals surface area contributed by atoms with E-state index in [1.165, 1.54) is 4.57 Å². The molecule has 0 spiro atoms. The molecule has 1 atom stereocenters. The molecule has 2 heterocycles. The van der Waals surface area contributed by atoms with Gasteiger partial charge in [-0.05, 0) is 70.9 Å². The number of nitrogens with one attached hydrogen (secondary N) is 1. The fourth-order valence-electron chi connectivity index (χ4n) is 4.75. The van der Waals surface area contributed by atoms with E-state index in [1.807, 2.05) is 37.3 Å². The van der Waals surface area contributed by atoms with Gasteiger partial charge in [0.2, 0.25) is 0 Å². The maximum absolute atomic E-state index is 13.7. The number of imidazole rings is 1. The topological polar surface area (TPSA) is 85.6 Å². The van der Waals surface area contributed by atoms with Crippen LogP contribution in [0.2, 0.25) is 5.02 Å². The van der Waals surface area contributed by atoms with E-state index >= 15 is 0 Å². The molecule has 0 radical (unpaired) electrons. The molecule has 0 saturated heterocycles. The van der Waals surface area contributed by atoms with Crippen molar-refractivity contribution in [1.82, 2.24) is 19.4 Å². The highest BCUT2D eigenvalue weighted by Gasteiger charge is 2.35. The highest BCUT2D eigenvalue weighted by molar-refractivity contribution is 9.10. The van der Waals surface area contributed by atoms with Gasteiger partial charge in [0.25, 0.3) is 11.8 Å². The fourth-order valence-corrected chi connectivity index (χ4v) is 5.18. The third-order valence-corrected chi connectivity index (χ3v) is 8.05. The fraction of sp³-hybridized carbons (Fsp3) is 0.207. The van der Waals surface area contributed by atoms with E-state index in [0.717, 1.165) is 5.56 Å². The van der Waals surface area contributed by atoms with Crippen LogP contribution in [-0.4, -0.2) is 39.0 Å². The van der Waals surface area contributed by atoms with Gasteiger partial charge in [-0.1, -0.05) is 41.9 Å². The summed E-state index contributed by atoms with van der Waals surface area (Å²) in [5, 5.41) is 3.37. The number of methoxy groups -OCH3 is 1. The van der Waals surface area contributed by atoms with Gasteiger partial charge < -0.3 is 15.0 Å². The van der Waals surface area contributed by atoms with Gasteiger partial charge in [0.05, 0.1) is 30.1 Å². The summed E-state index contributed by atoms with van der Waals surface area (Å²) in [7, 11) is 1.56. The zero-order valence-corrected chi connectivity index (χ0v) is 23.7. The molecule has 1 aromatic heterocycles. The lowest BCUT2D eigenvalue weighted by Gasteiger charge is -2.34. The predicted octanol–water partition coefficient (Wildman–Crippen LogP) is 5.04. The van der Waals surface area contributed by atoms with Crippen LogP contribution in [0.1, 0.15) is 39.0 Å². The molecule has 10 heteroatoms. The van der Waals surface area contributed by atoms with E-state index < -0.39 is 5.91 Å². The minimum atomic E-state index is -0.408. The molecule has 1 unspecified atom stereocenters. The molecule has 1 aliphatic heterocycles. The first kappa shape index (κ1) is 26.8. The molecule has 200 valence electrons. The average Bonchev–Trinajstić information content (AvgIpc) is 3.24. The summed E-state index contributed by atoms with van der Waals surface area (Å²) < 4.78 is 8.95. The number of benzene rings is 3. The molecular formula is C29H26BrClN4O4. The maximum Gasteiger partial charge on any atom is 0.333 e. The Hall–Kier alpha value is -3.82. The third-order valence-electron chi connectivity index (χ3n) is 6.81. The summed E-state index contributed by atoms with van der Waals surface area (Å²) >= 11 is 9.61. The number of carbonyl (C=O) groups is 2. The van der Waals surface area contributed by atoms with Gasteiger partial charge >= 0.3 is 5.69 Å². The molecule has 1 aliphatic rings. The Labute approximate surface area is 238 Å². The maximum atomic E-state index is 13.7. The normalized spacial score (nSPS) is 14.6. The first-order valence-corrected chi connectivity index (χ1v) is 13.5. The molecule has 0 saturated carbocycles. The molecule has 0 bridgehead atoms. The van der Waals surface area contributed by atoms with Gasteiger partial charge in [-0.3, -0.25) is 18.7 Å². The number of nitrogens with zero attached hydrogens (tertiary/aromatic N) is 3. The lowest BCUT2D eigenvalue weighted by molar-refractivity contribution is 0.0610. The molecule has 4 aromatic rings. The van der Waals surface area contributed by atoms with Crippen LogP contribution in [0.15, 0.2) is 82.1 Å². The number of rotatable bonds is 6. The molecule has 8 nitrogen and oxygen atoms in total.